The predicted octanol–water partition coefficient (Wildman–Crippen LogP) is 6.36. The van der Waals surface area contributed by atoms with Crippen LogP contribution < -0.4 is 15.2 Å². The van der Waals surface area contributed by atoms with Gasteiger partial charge in [-0.05, 0) is 41.1 Å². The number of benzene rings is 4. The first-order valence-corrected chi connectivity index (χ1v) is 13.0. The highest BCUT2D eigenvalue weighted by Gasteiger charge is 2.31. The molecule has 0 aromatic heterocycles. The summed E-state index contributed by atoms with van der Waals surface area (Å²) in [5.41, 5.74) is 9.91. The zero-order valence-electron chi connectivity index (χ0n) is 20.1. The van der Waals surface area contributed by atoms with Gasteiger partial charge < -0.3 is 15.2 Å². The molecular weight excluding hydrogens is 480 g/mol. The van der Waals surface area contributed by atoms with Crippen LogP contribution in [0, 0.1) is 11.3 Å². The first-order valence-electron chi connectivity index (χ1n) is 11.8. The predicted molar refractivity (Wildman–Crippen MR) is 144 cm³/mol. The summed E-state index contributed by atoms with van der Waals surface area (Å²) in [5, 5.41) is 9.83. The molecule has 6 heteroatoms. The molecule has 0 saturated carbocycles. The van der Waals surface area contributed by atoms with Crippen LogP contribution in [-0.4, -0.2) is 12.2 Å². The molecular formula is C31H24N2O3S. The zero-order valence-corrected chi connectivity index (χ0v) is 20.9. The fourth-order valence-electron chi connectivity index (χ4n) is 4.57. The van der Waals surface area contributed by atoms with Crippen molar-refractivity contribution < 1.29 is 14.3 Å². The average molecular weight is 505 g/mol. The Morgan fingerprint density at radius 1 is 0.946 bits per heavy atom. The normalized spacial score (nSPS) is 14.5. The molecule has 4 aromatic rings. The number of fused-ring (bicyclic) bond motifs is 1. The van der Waals surface area contributed by atoms with E-state index in [1.807, 2.05) is 97.3 Å². The maximum atomic E-state index is 13.4. The molecule has 0 fully saturated rings. The number of nitrogens with zero attached hydrogens (tertiary/aromatic N) is 1. The number of ether oxygens (including phenoxy) is 2. The molecule has 5 rings (SSSR count). The lowest BCUT2D eigenvalue weighted by Crippen LogP contribution is -2.22. The van der Waals surface area contributed by atoms with Crippen LogP contribution in [0.4, 0.5) is 0 Å². The van der Waals surface area contributed by atoms with Gasteiger partial charge in [0.2, 0.25) is 5.88 Å². The highest BCUT2D eigenvalue weighted by molar-refractivity contribution is 7.98. The minimum absolute atomic E-state index is 0.0452. The maximum Gasteiger partial charge on any atom is 0.323 e. The molecule has 1 heterocycles. The lowest BCUT2D eigenvalue weighted by molar-refractivity contribution is -0.135. The first kappa shape index (κ1) is 24.2. The fraction of sp³-hybridized carbons (Fsp3) is 0.0968. The van der Waals surface area contributed by atoms with Gasteiger partial charge in [0.15, 0.2) is 0 Å². The first-order chi connectivity index (χ1) is 18.1. The van der Waals surface area contributed by atoms with Crippen molar-refractivity contribution >= 4 is 17.7 Å². The number of nitrogens with two attached hydrogens (primary N) is 1. The van der Waals surface area contributed by atoms with Crippen molar-refractivity contribution in [1.82, 2.24) is 0 Å². The lowest BCUT2D eigenvalue weighted by atomic mass is 9.83. The Labute approximate surface area is 220 Å². The molecule has 37 heavy (non-hydrogen) atoms. The number of hydrogen-bond acceptors (Lipinski definition) is 6. The van der Waals surface area contributed by atoms with E-state index in [-0.39, 0.29) is 11.8 Å². The van der Waals surface area contributed by atoms with Crippen molar-refractivity contribution in [1.29, 1.82) is 5.26 Å². The van der Waals surface area contributed by atoms with E-state index in [1.54, 1.807) is 23.9 Å². The zero-order chi connectivity index (χ0) is 25.8. The summed E-state index contributed by atoms with van der Waals surface area (Å²) in [6.45, 7) is 0. The van der Waals surface area contributed by atoms with E-state index in [9.17, 15) is 10.1 Å². The molecule has 0 spiro atoms. The van der Waals surface area contributed by atoms with Gasteiger partial charge in [-0.25, -0.2) is 0 Å². The summed E-state index contributed by atoms with van der Waals surface area (Å²) >= 11 is 1.65. The molecule has 0 bridgehead atoms. The Balaban J connectivity index is 1.48. The molecule has 1 aliphatic heterocycles. The minimum Gasteiger partial charge on any atom is -0.440 e. The van der Waals surface area contributed by atoms with Crippen LogP contribution in [0.1, 0.15) is 34.1 Å². The van der Waals surface area contributed by atoms with Crippen molar-refractivity contribution in [3.63, 3.8) is 0 Å². The molecule has 0 saturated heterocycles. The molecule has 4 aromatic carbocycles. The summed E-state index contributed by atoms with van der Waals surface area (Å²) in [4.78, 5) is 14.6. The number of hydrogen-bond donors (Lipinski definition) is 1. The van der Waals surface area contributed by atoms with Crippen molar-refractivity contribution in [3.05, 3.63) is 137 Å². The topological polar surface area (TPSA) is 85.3 Å². The summed E-state index contributed by atoms with van der Waals surface area (Å²) < 4.78 is 11.7. The van der Waals surface area contributed by atoms with Crippen LogP contribution in [0.15, 0.2) is 119 Å². The quantitative estimate of drug-likeness (QED) is 0.187. The standard InChI is InChI=1S/C31H24N2O3S/c1-37-24-15-12-22(13-16-24)29-25-17-14-23(18-27(25)36-30(33)26(29)19-32)35-31(34)28(20-8-4-2-5-9-20)21-10-6-3-7-11-21/h2-18,28-29H,33H2,1H3. The summed E-state index contributed by atoms with van der Waals surface area (Å²) in [6, 6.07) is 34.5. The molecule has 1 unspecified atom stereocenters. The molecule has 182 valence electrons. The second kappa shape index (κ2) is 10.7. The van der Waals surface area contributed by atoms with Gasteiger partial charge in [0, 0.05) is 16.5 Å². The van der Waals surface area contributed by atoms with Crippen LogP contribution in [0.3, 0.4) is 0 Å². The van der Waals surface area contributed by atoms with Gasteiger partial charge in [0.1, 0.15) is 29.1 Å². The van der Waals surface area contributed by atoms with E-state index in [0.29, 0.717) is 17.1 Å². The van der Waals surface area contributed by atoms with Gasteiger partial charge in [-0.15, -0.1) is 11.8 Å². The number of nitriles is 1. The van der Waals surface area contributed by atoms with Gasteiger partial charge in [-0.3, -0.25) is 4.79 Å². The number of allylic oxidation sites excluding steroid dienone is 1. The average Bonchev–Trinajstić information content (AvgIpc) is 2.93. The summed E-state index contributed by atoms with van der Waals surface area (Å²) in [5.74, 6) is -0.530. The highest BCUT2D eigenvalue weighted by atomic mass is 32.2. The third kappa shape index (κ3) is 4.95. The van der Waals surface area contributed by atoms with Crippen LogP contribution in [0.25, 0.3) is 0 Å². The molecule has 0 aliphatic carbocycles. The number of thioether (sulfide) groups is 1. The smallest absolute Gasteiger partial charge is 0.323 e. The Morgan fingerprint density at radius 3 is 2.14 bits per heavy atom. The summed E-state index contributed by atoms with van der Waals surface area (Å²) in [6.07, 6.45) is 2.01. The third-order valence-corrected chi connectivity index (χ3v) is 7.10. The van der Waals surface area contributed by atoms with Crippen LogP contribution in [0.5, 0.6) is 11.5 Å². The van der Waals surface area contributed by atoms with Crippen molar-refractivity contribution in [3.8, 4) is 17.6 Å². The molecule has 2 N–H and O–H groups in total. The largest absolute Gasteiger partial charge is 0.440 e. The molecule has 1 atom stereocenters. The van der Waals surface area contributed by atoms with Gasteiger partial charge in [0.05, 0.1) is 5.92 Å². The van der Waals surface area contributed by atoms with E-state index < -0.39 is 11.9 Å². The van der Waals surface area contributed by atoms with Gasteiger partial charge in [-0.1, -0.05) is 78.9 Å². The van der Waals surface area contributed by atoms with Crippen molar-refractivity contribution in [2.75, 3.05) is 6.26 Å². The van der Waals surface area contributed by atoms with E-state index in [0.717, 1.165) is 27.1 Å². The Kier molecular flexibility index (Phi) is 6.98. The van der Waals surface area contributed by atoms with Crippen molar-refractivity contribution in [2.24, 2.45) is 5.73 Å². The lowest BCUT2D eigenvalue weighted by Gasteiger charge is -2.27. The fourth-order valence-corrected chi connectivity index (χ4v) is 4.98. The van der Waals surface area contributed by atoms with E-state index in [1.165, 1.54) is 0 Å². The van der Waals surface area contributed by atoms with Gasteiger partial charge in [0.25, 0.3) is 0 Å². The molecule has 5 nitrogen and oxygen atoms in total. The Bertz CT molecular complexity index is 1450. The summed E-state index contributed by atoms with van der Waals surface area (Å²) in [7, 11) is 0. The van der Waals surface area contributed by atoms with Crippen LogP contribution >= 0.6 is 11.8 Å². The van der Waals surface area contributed by atoms with E-state index in [4.69, 9.17) is 15.2 Å². The van der Waals surface area contributed by atoms with Gasteiger partial charge in [-0.2, -0.15) is 5.26 Å². The number of rotatable bonds is 6. The second-order valence-electron chi connectivity index (χ2n) is 8.57. The van der Waals surface area contributed by atoms with Gasteiger partial charge >= 0.3 is 5.97 Å². The Morgan fingerprint density at radius 2 is 1.57 bits per heavy atom. The number of carbonyl (C=O) groups excluding carboxylic acids is 1. The second-order valence-corrected chi connectivity index (χ2v) is 9.45. The van der Waals surface area contributed by atoms with Crippen LogP contribution in [0.2, 0.25) is 0 Å². The van der Waals surface area contributed by atoms with Crippen LogP contribution in [-0.2, 0) is 4.79 Å². The maximum absolute atomic E-state index is 13.4. The molecule has 0 amide bonds. The van der Waals surface area contributed by atoms with Crippen molar-refractivity contribution in [2.45, 2.75) is 16.7 Å². The third-order valence-electron chi connectivity index (χ3n) is 6.36. The molecule has 1 aliphatic rings. The number of esters is 1. The monoisotopic (exact) mass is 504 g/mol. The van der Waals surface area contributed by atoms with E-state index in [2.05, 4.69) is 6.07 Å². The highest BCUT2D eigenvalue weighted by Crippen LogP contribution is 2.44. The molecule has 0 radical (unpaired) electrons. The number of carbonyl (C=O) groups is 1. The van der Waals surface area contributed by atoms with E-state index >= 15 is 0 Å². The SMILES string of the molecule is CSc1ccc(C2C(C#N)=C(N)Oc3cc(OC(=O)C(c4ccccc4)c4ccccc4)ccc32)cc1. The Hall–Kier alpha value is -4.47. The minimum atomic E-state index is -0.586.